The first kappa shape index (κ1) is 18.0. The van der Waals surface area contributed by atoms with Crippen LogP contribution < -0.4 is 4.90 Å². The van der Waals surface area contributed by atoms with Crippen molar-refractivity contribution in [2.75, 3.05) is 18.0 Å². The van der Waals surface area contributed by atoms with Crippen LogP contribution in [0.25, 0.3) is 11.0 Å². The smallest absolute Gasteiger partial charge is 0.192 e. The van der Waals surface area contributed by atoms with E-state index in [9.17, 15) is 0 Å². The molecule has 4 heterocycles. The molecule has 0 aliphatic carbocycles. The average molecular weight is 408 g/mol. The van der Waals surface area contributed by atoms with Crippen LogP contribution >= 0.6 is 11.8 Å². The molecule has 148 valence electrons. The van der Waals surface area contributed by atoms with Crippen LogP contribution in [-0.4, -0.2) is 53.9 Å². The van der Waals surface area contributed by atoms with Crippen molar-refractivity contribution < 1.29 is 0 Å². The molecule has 0 atom stereocenters. The summed E-state index contributed by atoms with van der Waals surface area (Å²) in [5.41, 5.74) is 2.86. The van der Waals surface area contributed by atoms with E-state index in [1.165, 1.54) is 24.8 Å². The summed E-state index contributed by atoms with van der Waals surface area (Å²) in [5, 5.41) is 23.6. The maximum Gasteiger partial charge on any atom is 0.192 e. The van der Waals surface area contributed by atoms with Crippen molar-refractivity contribution in [1.82, 2.24) is 40.8 Å². The molecule has 9 nitrogen and oxygen atoms in total. The maximum atomic E-state index is 4.96. The van der Waals surface area contributed by atoms with Crippen LogP contribution in [0, 0.1) is 0 Å². The first-order chi connectivity index (χ1) is 14.4. The minimum Gasteiger partial charge on any atom is -0.356 e. The van der Waals surface area contributed by atoms with E-state index in [1.807, 2.05) is 6.07 Å². The summed E-state index contributed by atoms with van der Waals surface area (Å²) in [6.07, 6.45) is 4.13. The molecular formula is C19H21N9S. The minimum atomic E-state index is 0.508. The number of nitrogens with one attached hydrogen (secondary N) is 2. The van der Waals surface area contributed by atoms with Crippen LogP contribution in [-0.2, 0) is 12.2 Å². The van der Waals surface area contributed by atoms with Gasteiger partial charge in [0.05, 0.1) is 17.5 Å². The first-order valence-corrected chi connectivity index (χ1v) is 10.7. The van der Waals surface area contributed by atoms with Gasteiger partial charge in [-0.05, 0) is 24.8 Å². The number of thioether (sulfide) groups is 1. The number of hydrogen-bond donors (Lipinski definition) is 2. The van der Waals surface area contributed by atoms with Crippen molar-refractivity contribution >= 4 is 28.6 Å². The monoisotopic (exact) mass is 407 g/mol. The zero-order valence-electron chi connectivity index (χ0n) is 15.9. The third kappa shape index (κ3) is 3.93. The molecule has 2 N–H and O–H groups in total. The van der Waals surface area contributed by atoms with Gasteiger partial charge in [0, 0.05) is 18.8 Å². The number of aromatic amines is 2. The van der Waals surface area contributed by atoms with E-state index in [2.05, 4.69) is 60.0 Å². The molecule has 1 aliphatic rings. The molecule has 3 aromatic heterocycles. The van der Waals surface area contributed by atoms with E-state index in [-0.39, 0.29) is 0 Å². The van der Waals surface area contributed by atoms with E-state index in [4.69, 9.17) is 9.97 Å². The Bertz CT molecular complexity index is 1070. The Hall–Kier alpha value is -3.01. The van der Waals surface area contributed by atoms with Gasteiger partial charge in [0.1, 0.15) is 5.82 Å². The minimum absolute atomic E-state index is 0.508. The number of fused-ring (bicyclic) bond motifs is 1. The van der Waals surface area contributed by atoms with Crippen LogP contribution in [0.1, 0.15) is 36.3 Å². The second-order valence-corrected chi connectivity index (χ2v) is 8.00. The Labute approximate surface area is 171 Å². The predicted molar refractivity (Wildman–Crippen MR) is 111 cm³/mol. The van der Waals surface area contributed by atoms with E-state index in [0.717, 1.165) is 40.9 Å². The van der Waals surface area contributed by atoms with Crippen LogP contribution in [0.15, 0.2) is 35.5 Å². The number of tetrazole rings is 1. The lowest BCUT2D eigenvalue weighted by molar-refractivity contribution is 0.573. The summed E-state index contributed by atoms with van der Waals surface area (Å²) in [5.74, 6) is 2.39. The van der Waals surface area contributed by atoms with Gasteiger partial charge in [-0.3, -0.25) is 5.10 Å². The third-order valence-electron chi connectivity index (χ3n) is 5.04. The van der Waals surface area contributed by atoms with Crippen molar-refractivity contribution in [2.45, 2.75) is 36.6 Å². The molecule has 10 heteroatoms. The van der Waals surface area contributed by atoms with Gasteiger partial charge in [-0.2, -0.15) is 10.3 Å². The summed E-state index contributed by atoms with van der Waals surface area (Å²) < 4.78 is 0. The highest BCUT2D eigenvalue weighted by molar-refractivity contribution is 7.98. The van der Waals surface area contributed by atoms with Crippen LogP contribution in [0.2, 0.25) is 0 Å². The summed E-state index contributed by atoms with van der Waals surface area (Å²) in [7, 11) is 0. The summed E-state index contributed by atoms with van der Waals surface area (Å²) in [6.45, 7) is 2.00. The zero-order chi connectivity index (χ0) is 19.5. The molecule has 1 aliphatic heterocycles. The number of aromatic nitrogens is 8. The number of H-pyrrole nitrogens is 2. The normalized spacial score (nSPS) is 14.6. The molecule has 0 amide bonds. The quantitative estimate of drug-likeness (QED) is 0.371. The van der Waals surface area contributed by atoms with Gasteiger partial charge in [0.15, 0.2) is 16.6 Å². The summed E-state index contributed by atoms with van der Waals surface area (Å²) >= 11 is 1.64. The Morgan fingerprint density at radius 3 is 2.66 bits per heavy atom. The lowest BCUT2D eigenvalue weighted by Crippen LogP contribution is -2.30. The van der Waals surface area contributed by atoms with Gasteiger partial charge in [0.2, 0.25) is 0 Å². The lowest BCUT2D eigenvalue weighted by atomic mass is 10.1. The SMILES string of the molecule is c1ccc(CSc2nc(N3CCCCC3)c3c(Cc4nn[nH]n4)[nH]nc3n2)cc1. The van der Waals surface area contributed by atoms with Crippen LogP contribution in [0.4, 0.5) is 5.82 Å². The Balaban J connectivity index is 1.50. The van der Waals surface area contributed by atoms with Gasteiger partial charge < -0.3 is 4.90 Å². The number of hydrogen-bond acceptors (Lipinski definition) is 8. The van der Waals surface area contributed by atoms with Crippen molar-refractivity contribution in [3.05, 3.63) is 47.4 Å². The lowest BCUT2D eigenvalue weighted by Gasteiger charge is -2.28. The molecule has 0 saturated carbocycles. The number of nitrogens with zero attached hydrogens (tertiary/aromatic N) is 7. The molecule has 1 saturated heterocycles. The molecular weight excluding hydrogens is 386 g/mol. The molecule has 0 radical (unpaired) electrons. The number of piperidine rings is 1. The van der Waals surface area contributed by atoms with Gasteiger partial charge in [-0.25, -0.2) is 9.97 Å². The molecule has 5 rings (SSSR count). The molecule has 1 aromatic carbocycles. The molecule has 0 unspecified atom stereocenters. The van der Waals surface area contributed by atoms with Crippen LogP contribution in [0.3, 0.4) is 0 Å². The van der Waals surface area contributed by atoms with Crippen molar-refractivity contribution in [2.24, 2.45) is 0 Å². The largest absolute Gasteiger partial charge is 0.356 e. The summed E-state index contributed by atoms with van der Waals surface area (Å²) in [6, 6.07) is 10.4. The third-order valence-corrected chi connectivity index (χ3v) is 5.96. The predicted octanol–water partition coefficient (Wildman–Crippen LogP) is 2.74. The molecule has 4 aromatic rings. The Morgan fingerprint density at radius 1 is 1.00 bits per heavy atom. The molecule has 0 bridgehead atoms. The number of benzene rings is 1. The summed E-state index contributed by atoms with van der Waals surface area (Å²) in [4.78, 5) is 12.0. The highest BCUT2D eigenvalue weighted by atomic mass is 32.2. The fourth-order valence-corrected chi connectivity index (χ4v) is 4.40. The van der Waals surface area contributed by atoms with Gasteiger partial charge in [-0.15, -0.1) is 10.2 Å². The fraction of sp³-hybridized carbons (Fsp3) is 0.368. The van der Waals surface area contributed by atoms with Gasteiger partial charge in [-0.1, -0.05) is 47.3 Å². The number of rotatable bonds is 6. The topological polar surface area (TPSA) is 112 Å². The second-order valence-electron chi connectivity index (χ2n) is 7.06. The Kier molecular flexibility index (Phi) is 5.08. The fourth-order valence-electron chi connectivity index (χ4n) is 3.61. The Morgan fingerprint density at radius 2 is 1.86 bits per heavy atom. The van der Waals surface area contributed by atoms with Gasteiger partial charge >= 0.3 is 0 Å². The van der Waals surface area contributed by atoms with Crippen LogP contribution in [0.5, 0.6) is 0 Å². The van der Waals surface area contributed by atoms with E-state index in [1.54, 1.807) is 11.8 Å². The highest BCUT2D eigenvalue weighted by Gasteiger charge is 2.22. The van der Waals surface area contributed by atoms with Crippen molar-refractivity contribution in [3.8, 4) is 0 Å². The standard InChI is InChI=1S/C19H21N9S/c1-3-7-13(8-4-1)12-29-19-20-17-16(18(21-19)28-9-5-2-6-10-28)14(22-25-17)11-15-23-26-27-24-15/h1,3-4,7-8H,2,5-6,9-12H2,(H,20,21,22,25)(H,23,24,26,27). The van der Waals surface area contributed by atoms with Crippen molar-refractivity contribution in [3.63, 3.8) is 0 Å². The average Bonchev–Trinajstić information content (AvgIpc) is 3.44. The number of anilines is 1. The van der Waals surface area contributed by atoms with Crippen molar-refractivity contribution in [1.29, 1.82) is 0 Å². The molecule has 29 heavy (non-hydrogen) atoms. The van der Waals surface area contributed by atoms with Gasteiger partial charge in [0.25, 0.3) is 0 Å². The first-order valence-electron chi connectivity index (χ1n) is 9.76. The molecule has 0 spiro atoms. The van der Waals surface area contributed by atoms with E-state index >= 15 is 0 Å². The maximum absolute atomic E-state index is 4.96. The highest BCUT2D eigenvalue weighted by Crippen LogP contribution is 2.32. The molecule has 1 fully saturated rings. The second kappa shape index (κ2) is 8.16. The van der Waals surface area contributed by atoms with E-state index in [0.29, 0.717) is 17.9 Å². The van der Waals surface area contributed by atoms with E-state index < -0.39 is 0 Å². The zero-order valence-corrected chi connectivity index (χ0v) is 16.7.